The summed E-state index contributed by atoms with van der Waals surface area (Å²) >= 11 is 0. The molecule has 0 atom stereocenters. The number of oxazole rings is 1. The second-order valence-corrected chi connectivity index (χ2v) is 6.84. The molecule has 0 saturated carbocycles. The van der Waals surface area contributed by atoms with E-state index in [2.05, 4.69) is 10.3 Å². The van der Waals surface area contributed by atoms with Gasteiger partial charge in [-0.25, -0.2) is 9.37 Å². The summed E-state index contributed by atoms with van der Waals surface area (Å²) in [5.41, 5.74) is 1.84. The molecular weight excluding hydrogens is 373 g/mol. The van der Waals surface area contributed by atoms with Gasteiger partial charge >= 0.3 is 0 Å². The third-order valence-corrected chi connectivity index (χ3v) is 4.79. The number of anilines is 2. The molecule has 1 aromatic heterocycles. The zero-order valence-corrected chi connectivity index (χ0v) is 15.7. The molecule has 0 aliphatic carbocycles. The summed E-state index contributed by atoms with van der Waals surface area (Å²) in [6.07, 6.45) is 3.41. The molecular formula is C22H20FN3O3. The number of rotatable bonds is 6. The third kappa shape index (κ3) is 4.34. The number of nitrogens with one attached hydrogen (secondary N) is 1. The predicted octanol–water partition coefficient (Wildman–Crippen LogP) is 4.18. The predicted molar refractivity (Wildman–Crippen MR) is 107 cm³/mol. The molecule has 148 valence electrons. The van der Waals surface area contributed by atoms with Crippen molar-refractivity contribution in [3.8, 4) is 11.3 Å². The van der Waals surface area contributed by atoms with Crippen molar-refractivity contribution in [1.29, 1.82) is 0 Å². The molecule has 0 radical (unpaired) electrons. The Labute approximate surface area is 167 Å². The molecule has 1 N–H and O–H groups in total. The molecule has 3 aromatic rings. The number of halogens is 1. The number of hydrogen-bond donors (Lipinski definition) is 1. The first-order valence-corrected chi connectivity index (χ1v) is 9.50. The Morgan fingerprint density at radius 1 is 1.17 bits per heavy atom. The van der Waals surface area contributed by atoms with Crippen LogP contribution in [-0.2, 0) is 16.0 Å². The van der Waals surface area contributed by atoms with Crippen LogP contribution in [0.5, 0.6) is 0 Å². The number of hydrogen-bond acceptors (Lipinski definition) is 4. The second-order valence-electron chi connectivity index (χ2n) is 6.84. The molecule has 1 aliphatic rings. The number of aromatic nitrogens is 1. The maximum Gasteiger partial charge on any atom is 0.227 e. The van der Waals surface area contributed by atoms with Crippen molar-refractivity contribution in [3.05, 3.63) is 66.4 Å². The summed E-state index contributed by atoms with van der Waals surface area (Å²) in [5, 5.41) is 2.82. The fraction of sp³-hybridized carbons (Fsp3) is 0.227. The Morgan fingerprint density at radius 3 is 2.69 bits per heavy atom. The average Bonchev–Trinajstić information content (AvgIpc) is 3.36. The molecule has 1 fully saturated rings. The highest BCUT2D eigenvalue weighted by atomic mass is 19.1. The Morgan fingerprint density at radius 2 is 1.97 bits per heavy atom. The van der Waals surface area contributed by atoms with Gasteiger partial charge in [0.1, 0.15) is 5.82 Å². The third-order valence-electron chi connectivity index (χ3n) is 4.79. The van der Waals surface area contributed by atoms with Crippen LogP contribution < -0.4 is 10.2 Å². The van der Waals surface area contributed by atoms with E-state index in [1.165, 1.54) is 12.3 Å². The lowest BCUT2D eigenvalue weighted by molar-refractivity contribution is -0.117. The molecule has 7 heteroatoms. The summed E-state index contributed by atoms with van der Waals surface area (Å²) in [7, 11) is 0. The van der Waals surface area contributed by atoms with Gasteiger partial charge in [-0.1, -0.05) is 12.1 Å². The smallest absolute Gasteiger partial charge is 0.227 e. The van der Waals surface area contributed by atoms with E-state index >= 15 is 0 Å². The van der Waals surface area contributed by atoms with E-state index in [-0.39, 0.29) is 24.1 Å². The molecule has 6 nitrogen and oxygen atoms in total. The number of carbonyl (C=O) groups excluding carboxylic acids is 2. The fourth-order valence-corrected chi connectivity index (χ4v) is 3.30. The topological polar surface area (TPSA) is 75.4 Å². The molecule has 29 heavy (non-hydrogen) atoms. The van der Waals surface area contributed by atoms with Crippen LogP contribution in [0.1, 0.15) is 25.2 Å². The molecule has 2 amide bonds. The van der Waals surface area contributed by atoms with Gasteiger partial charge in [0.25, 0.3) is 0 Å². The maximum atomic E-state index is 13.8. The van der Waals surface area contributed by atoms with E-state index < -0.39 is 0 Å². The maximum absolute atomic E-state index is 13.8. The molecule has 4 rings (SSSR count). The minimum Gasteiger partial charge on any atom is -0.441 e. The largest absolute Gasteiger partial charge is 0.441 e. The van der Waals surface area contributed by atoms with Crippen molar-refractivity contribution >= 4 is 23.2 Å². The lowest BCUT2D eigenvalue weighted by Crippen LogP contribution is -2.23. The minimum absolute atomic E-state index is 0.127. The van der Waals surface area contributed by atoms with Crippen molar-refractivity contribution in [3.63, 3.8) is 0 Å². The lowest BCUT2D eigenvalue weighted by Gasteiger charge is -2.16. The van der Waals surface area contributed by atoms with Gasteiger partial charge in [-0.05, 0) is 42.8 Å². The highest BCUT2D eigenvalue weighted by molar-refractivity contribution is 5.96. The summed E-state index contributed by atoms with van der Waals surface area (Å²) in [5.74, 6) is 0.280. The van der Waals surface area contributed by atoms with Gasteiger partial charge in [-0.2, -0.15) is 0 Å². The first kappa shape index (κ1) is 18.9. The number of nitrogens with zero attached hydrogens (tertiary/aromatic N) is 2. The van der Waals surface area contributed by atoms with Crippen molar-refractivity contribution < 1.29 is 18.4 Å². The van der Waals surface area contributed by atoms with Crippen LogP contribution in [0.15, 0.2) is 59.1 Å². The van der Waals surface area contributed by atoms with E-state index in [0.717, 1.165) is 18.7 Å². The fourth-order valence-electron chi connectivity index (χ4n) is 3.30. The van der Waals surface area contributed by atoms with Gasteiger partial charge in [-0.3, -0.25) is 9.59 Å². The Balaban J connectivity index is 1.31. The summed E-state index contributed by atoms with van der Waals surface area (Å²) < 4.78 is 19.4. The van der Waals surface area contributed by atoms with Gasteiger partial charge < -0.3 is 14.6 Å². The van der Waals surface area contributed by atoms with Crippen LogP contribution in [-0.4, -0.2) is 23.3 Å². The van der Waals surface area contributed by atoms with Gasteiger partial charge in [0.2, 0.25) is 11.8 Å². The van der Waals surface area contributed by atoms with Gasteiger partial charge in [-0.15, -0.1) is 0 Å². The van der Waals surface area contributed by atoms with Crippen LogP contribution in [0.3, 0.4) is 0 Å². The van der Waals surface area contributed by atoms with Crippen LogP contribution in [0.2, 0.25) is 0 Å². The first-order valence-electron chi connectivity index (χ1n) is 9.50. The highest BCUT2D eigenvalue weighted by Crippen LogP contribution is 2.24. The molecule has 2 aromatic carbocycles. The van der Waals surface area contributed by atoms with Gasteiger partial charge in [0.05, 0.1) is 11.8 Å². The molecule has 1 saturated heterocycles. The Hall–Kier alpha value is -3.48. The van der Waals surface area contributed by atoms with Crippen LogP contribution in [0.4, 0.5) is 15.8 Å². The molecule has 0 spiro atoms. The quantitative estimate of drug-likeness (QED) is 0.682. The normalized spacial score (nSPS) is 13.7. The summed E-state index contributed by atoms with van der Waals surface area (Å²) in [6.45, 7) is 0.732. The molecule has 2 heterocycles. The monoisotopic (exact) mass is 393 g/mol. The Bertz CT molecular complexity index is 1030. The molecule has 0 bridgehead atoms. The van der Waals surface area contributed by atoms with E-state index in [9.17, 15) is 14.0 Å². The molecule has 1 aliphatic heterocycles. The zero-order chi connectivity index (χ0) is 20.2. The number of amides is 2. The van der Waals surface area contributed by atoms with Crippen LogP contribution in [0, 0.1) is 5.82 Å². The van der Waals surface area contributed by atoms with Crippen molar-refractivity contribution in [1.82, 2.24) is 4.98 Å². The zero-order valence-electron chi connectivity index (χ0n) is 15.7. The number of carbonyl (C=O) groups is 2. The highest BCUT2D eigenvalue weighted by Gasteiger charge is 2.21. The number of aryl methyl sites for hydroxylation is 1. The standard InChI is InChI=1S/C22H20FN3O3/c23-18-5-2-1-4-17(18)19-14-24-21(29-19)12-11-20(27)25-15-7-9-16(10-8-15)26-13-3-6-22(26)28/h1-2,4-5,7-10,14H,3,6,11-13H2,(H,25,27). The SMILES string of the molecule is O=C(CCc1ncc(-c2ccccc2F)o1)Nc1ccc(N2CCCC2=O)cc1. The molecule has 0 unspecified atom stereocenters. The summed E-state index contributed by atoms with van der Waals surface area (Å²) in [6, 6.07) is 13.5. The summed E-state index contributed by atoms with van der Waals surface area (Å²) in [4.78, 5) is 29.9. The second kappa shape index (κ2) is 8.26. The van der Waals surface area contributed by atoms with Crippen molar-refractivity contribution in [2.24, 2.45) is 0 Å². The first-order chi connectivity index (χ1) is 14.1. The van der Waals surface area contributed by atoms with E-state index in [0.29, 0.717) is 35.7 Å². The minimum atomic E-state index is -0.382. The lowest BCUT2D eigenvalue weighted by atomic mass is 10.2. The van der Waals surface area contributed by atoms with Gasteiger partial charge in [0, 0.05) is 37.2 Å². The van der Waals surface area contributed by atoms with E-state index in [4.69, 9.17) is 4.42 Å². The van der Waals surface area contributed by atoms with Crippen LogP contribution >= 0.6 is 0 Å². The van der Waals surface area contributed by atoms with Crippen molar-refractivity contribution in [2.75, 3.05) is 16.8 Å². The van der Waals surface area contributed by atoms with Gasteiger partial charge in [0.15, 0.2) is 11.7 Å². The van der Waals surface area contributed by atoms with Crippen molar-refractivity contribution in [2.45, 2.75) is 25.7 Å². The van der Waals surface area contributed by atoms with E-state index in [1.54, 1.807) is 35.2 Å². The number of benzene rings is 2. The average molecular weight is 393 g/mol. The van der Waals surface area contributed by atoms with Crippen LogP contribution in [0.25, 0.3) is 11.3 Å². The van der Waals surface area contributed by atoms with E-state index in [1.807, 2.05) is 12.1 Å². The Kier molecular flexibility index (Phi) is 5.37.